The molecule has 0 spiro atoms. The van der Waals surface area contributed by atoms with Gasteiger partial charge in [0.25, 0.3) is 0 Å². The van der Waals surface area contributed by atoms with Crippen LogP contribution in [0.2, 0.25) is 0 Å². The van der Waals surface area contributed by atoms with E-state index in [4.69, 9.17) is 15.0 Å². The maximum Gasteiger partial charge on any atom is 0.400 e. The van der Waals surface area contributed by atoms with Gasteiger partial charge in [0.1, 0.15) is 11.5 Å². The van der Waals surface area contributed by atoms with Gasteiger partial charge in [0.15, 0.2) is 0 Å². The minimum absolute atomic E-state index is 0.0972. The third-order valence-corrected chi connectivity index (χ3v) is 4.23. The van der Waals surface area contributed by atoms with E-state index in [9.17, 15) is 9.59 Å². The summed E-state index contributed by atoms with van der Waals surface area (Å²) in [6.07, 6.45) is 1.10. The summed E-state index contributed by atoms with van der Waals surface area (Å²) >= 11 is 0. The SMILES string of the molecule is COc1ccc(CCC(=O)C(=[N+]=[N-])C(=O)CCc2ccc(OC)cc2)cc1. The summed E-state index contributed by atoms with van der Waals surface area (Å²) in [6.45, 7) is 0. The van der Waals surface area contributed by atoms with E-state index < -0.39 is 17.3 Å². The Labute approximate surface area is 158 Å². The number of ether oxygens (including phenoxy) is 2. The zero-order valence-corrected chi connectivity index (χ0v) is 15.5. The van der Waals surface area contributed by atoms with Gasteiger partial charge in [-0.1, -0.05) is 24.3 Å². The number of nitrogens with zero attached hydrogens (tertiary/aromatic N) is 2. The van der Waals surface area contributed by atoms with Crippen LogP contribution in [0.4, 0.5) is 0 Å². The van der Waals surface area contributed by atoms with Crippen molar-refractivity contribution in [2.45, 2.75) is 25.7 Å². The number of hydrogen-bond donors (Lipinski definition) is 0. The summed E-state index contributed by atoms with van der Waals surface area (Å²) < 4.78 is 10.2. The van der Waals surface area contributed by atoms with Crippen molar-refractivity contribution in [3.63, 3.8) is 0 Å². The minimum Gasteiger partial charge on any atom is -0.497 e. The van der Waals surface area contributed by atoms with E-state index in [-0.39, 0.29) is 12.8 Å². The second-order valence-corrected chi connectivity index (χ2v) is 5.99. The summed E-state index contributed by atoms with van der Waals surface area (Å²) in [5.41, 5.74) is 10.6. The molecular weight excluding hydrogens is 344 g/mol. The average Bonchev–Trinajstić information content (AvgIpc) is 2.72. The zero-order valence-electron chi connectivity index (χ0n) is 15.5. The second kappa shape index (κ2) is 10.0. The van der Waals surface area contributed by atoms with Crippen molar-refractivity contribution in [2.24, 2.45) is 0 Å². The number of Topliss-reactive ketones (excluding diaryl/α,β-unsaturated/α-hetero) is 2. The van der Waals surface area contributed by atoms with Crippen molar-refractivity contribution in [1.29, 1.82) is 0 Å². The van der Waals surface area contributed by atoms with Crippen molar-refractivity contribution in [3.05, 3.63) is 65.2 Å². The topological polar surface area (TPSA) is 89.0 Å². The maximum atomic E-state index is 12.3. The maximum absolute atomic E-state index is 12.3. The molecule has 0 N–H and O–H groups in total. The Hall–Kier alpha value is -3.24. The molecule has 6 nitrogen and oxygen atoms in total. The third-order valence-electron chi connectivity index (χ3n) is 4.23. The molecule has 2 aromatic rings. The zero-order chi connectivity index (χ0) is 19.6. The van der Waals surface area contributed by atoms with E-state index in [1.54, 1.807) is 38.5 Å². The first-order valence-electron chi connectivity index (χ1n) is 8.61. The number of carbonyl (C=O) groups excluding carboxylic acids is 2. The standard InChI is InChI=1S/C21H22N2O4/c1-26-17-9-3-15(4-10-17)7-13-19(24)21(23-22)20(25)14-8-16-5-11-18(27-2)12-6-16/h3-6,9-12H,7-8,13-14H2,1-2H3. The molecule has 0 aliphatic carbocycles. The highest BCUT2D eigenvalue weighted by atomic mass is 16.5. The molecule has 0 amide bonds. The average molecular weight is 366 g/mol. The lowest BCUT2D eigenvalue weighted by molar-refractivity contribution is -0.124. The molecule has 0 aliphatic heterocycles. The monoisotopic (exact) mass is 366 g/mol. The van der Waals surface area contributed by atoms with E-state index in [2.05, 4.69) is 4.79 Å². The summed E-state index contributed by atoms with van der Waals surface area (Å²) in [6, 6.07) is 14.6. The molecular formula is C21H22N2O4. The smallest absolute Gasteiger partial charge is 0.400 e. The van der Waals surface area contributed by atoms with Gasteiger partial charge in [-0.15, -0.1) is 0 Å². The lowest BCUT2D eigenvalue weighted by Gasteiger charge is -2.03. The number of methoxy groups -OCH3 is 2. The van der Waals surface area contributed by atoms with E-state index >= 15 is 0 Å². The highest BCUT2D eigenvalue weighted by molar-refractivity contribution is 6.64. The third kappa shape index (κ3) is 5.90. The Morgan fingerprint density at radius 3 is 1.44 bits per heavy atom. The van der Waals surface area contributed by atoms with E-state index in [0.29, 0.717) is 12.8 Å². The van der Waals surface area contributed by atoms with Crippen molar-refractivity contribution >= 4 is 17.3 Å². The van der Waals surface area contributed by atoms with Gasteiger partial charge in [0, 0.05) is 12.8 Å². The fourth-order valence-corrected chi connectivity index (χ4v) is 2.60. The molecule has 0 saturated carbocycles. The Morgan fingerprint density at radius 1 is 0.778 bits per heavy atom. The van der Waals surface area contributed by atoms with Crippen LogP contribution in [0.5, 0.6) is 11.5 Å². The largest absolute Gasteiger partial charge is 0.497 e. The van der Waals surface area contributed by atoms with E-state index in [0.717, 1.165) is 22.6 Å². The fraction of sp³-hybridized carbons (Fsp3) is 0.286. The molecule has 0 bridgehead atoms. The van der Waals surface area contributed by atoms with E-state index in [1.165, 1.54) is 0 Å². The molecule has 6 heteroatoms. The summed E-state index contributed by atoms with van der Waals surface area (Å²) in [5, 5.41) is 0. The van der Waals surface area contributed by atoms with Crippen LogP contribution in [0, 0.1) is 0 Å². The van der Waals surface area contributed by atoms with Crippen LogP contribution in [0.15, 0.2) is 48.5 Å². The normalized spacial score (nSPS) is 10.0. The van der Waals surface area contributed by atoms with Crippen LogP contribution < -0.4 is 9.47 Å². The van der Waals surface area contributed by atoms with Crippen molar-refractivity contribution in [1.82, 2.24) is 0 Å². The quantitative estimate of drug-likeness (QED) is 0.280. The molecule has 0 aromatic heterocycles. The lowest BCUT2D eigenvalue weighted by atomic mass is 9.99. The first-order valence-corrected chi connectivity index (χ1v) is 8.61. The molecule has 0 radical (unpaired) electrons. The predicted molar refractivity (Wildman–Crippen MR) is 101 cm³/mol. The number of carbonyl (C=O) groups is 2. The van der Waals surface area contributed by atoms with Gasteiger partial charge >= 0.3 is 5.71 Å². The number of benzene rings is 2. The van der Waals surface area contributed by atoms with Gasteiger partial charge in [0.2, 0.25) is 11.6 Å². The predicted octanol–water partition coefficient (Wildman–Crippen LogP) is 3.08. The van der Waals surface area contributed by atoms with Crippen LogP contribution in [0.1, 0.15) is 24.0 Å². The van der Waals surface area contributed by atoms with Crippen LogP contribution >= 0.6 is 0 Å². The van der Waals surface area contributed by atoms with Crippen LogP contribution in [-0.2, 0) is 22.4 Å². The molecule has 0 atom stereocenters. The molecule has 0 fully saturated rings. The van der Waals surface area contributed by atoms with Gasteiger partial charge in [-0.25, -0.2) is 0 Å². The van der Waals surface area contributed by atoms with Crippen LogP contribution in [0.25, 0.3) is 5.53 Å². The van der Waals surface area contributed by atoms with E-state index in [1.807, 2.05) is 24.3 Å². The summed E-state index contributed by atoms with van der Waals surface area (Å²) in [5.74, 6) is 0.536. The van der Waals surface area contributed by atoms with Crippen molar-refractivity contribution in [2.75, 3.05) is 14.2 Å². The highest BCUT2D eigenvalue weighted by Crippen LogP contribution is 2.14. The fourth-order valence-electron chi connectivity index (χ4n) is 2.60. The second-order valence-electron chi connectivity index (χ2n) is 5.99. The van der Waals surface area contributed by atoms with Gasteiger partial charge in [-0.2, -0.15) is 4.79 Å². The van der Waals surface area contributed by atoms with Crippen LogP contribution in [0.3, 0.4) is 0 Å². The van der Waals surface area contributed by atoms with Gasteiger partial charge in [0.05, 0.1) is 14.2 Å². The van der Waals surface area contributed by atoms with Gasteiger partial charge in [-0.05, 0) is 48.2 Å². The highest BCUT2D eigenvalue weighted by Gasteiger charge is 2.28. The Kier molecular flexibility index (Phi) is 7.47. The molecule has 2 rings (SSSR count). The number of aryl methyl sites for hydroxylation is 2. The first kappa shape index (κ1) is 20.1. The Bertz CT molecular complexity index is 770. The minimum atomic E-state index is -0.465. The molecule has 0 saturated heterocycles. The number of ketones is 2. The molecule has 27 heavy (non-hydrogen) atoms. The first-order chi connectivity index (χ1) is 13.1. The molecule has 0 aliphatic rings. The summed E-state index contributed by atoms with van der Waals surface area (Å²) in [7, 11) is 3.17. The molecule has 140 valence electrons. The summed E-state index contributed by atoms with van der Waals surface area (Å²) in [4.78, 5) is 27.5. The number of rotatable bonds is 10. The van der Waals surface area contributed by atoms with Crippen molar-refractivity contribution < 1.29 is 23.9 Å². The van der Waals surface area contributed by atoms with Crippen molar-refractivity contribution in [3.8, 4) is 11.5 Å². The van der Waals surface area contributed by atoms with Crippen LogP contribution in [-0.4, -0.2) is 36.3 Å². The lowest BCUT2D eigenvalue weighted by Crippen LogP contribution is -2.26. The molecule has 2 aromatic carbocycles. The van der Waals surface area contributed by atoms with Gasteiger partial charge in [-0.3, -0.25) is 9.59 Å². The Balaban J connectivity index is 1.88. The Morgan fingerprint density at radius 2 is 1.15 bits per heavy atom. The number of hydrogen-bond acceptors (Lipinski definition) is 4. The molecule has 0 heterocycles. The van der Waals surface area contributed by atoms with Gasteiger partial charge < -0.3 is 15.0 Å². The molecule has 0 unspecified atom stereocenters.